The van der Waals surface area contributed by atoms with E-state index in [1.807, 2.05) is 44.1 Å². The van der Waals surface area contributed by atoms with Gasteiger partial charge in [0.15, 0.2) is 0 Å². The van der Waals surface area contributed by atoms with Crippen molar-refractivity contribution < 1.29 is 4.79 Å². The number of anilines is 3. The first-order chi connectivity index (χ1) is 9.47. The average Bonchev–Trinajstić information content (AvgIpc) is 2.38. The summed E-state index contributed by atoms with van der Waals surface area (Å²) in [6.07, 6.45) is 1.66. The van der Waals surface area contributed by atoms with Crippen LogP contribution in [0.4, 0.5) is 17.2 Å². The number of carbonyl (C=O) groups excluding carboxylic acids is 1. The first kappa shape index (κ1) is 13.9. The van der Waals surface area contributed by atoms with Gasteiger partial charge in [-0.15, -0.1) is 0 Å². The van der Waals surface area contributed by atoms with E-state index >= 15 is 0 Å². The Morgan fingerprint density at radius 2 is 2.00 bits per heavy atom. The van der Waals surface area contributed by atoms with Crippen LogP contribution >= 0.6 is 0 Å². The second kappa shape index (κ2) is 5.61. The number of nitrogen functional groups attached to an aromatic ring is 1. The summed E-state index contributed by atoms with van der Waals surface area (Å²) in [5.41, 5.74) is 8.94. The van der Waals surface area contributed by atoms with Crippen molar-refractivity contribution in [2.45, 2.75) is 6.92 Å². The van der Waals surface area contributed by atoms with Crippen molar-refractivity contribution in [3.63, 3.8) is 0 Å². The lowest BCUT2D eigenvalue weighted by Crippen LogP contribution is -2.15. The minimum atomic E-state index is -0.222. The van der Waals surface area contributed by atoms with E-state index in [9.17, 15) is 4.79 Å². The molecule has 0 radical (unpaired) electrons. The van der Waals surface area contributed by atoms with Gasteiger partial charge in [0.2, 0.25) is 0 Å². The highest BCUT2D eigenvalue weighted by molar-refractivity contribution is 6.04. The van der Waals surface area contributed by atoms with E-state index in [1.54, 1.807) is 18.3 Å². The summed E-state index contributed by atoms with van der Waals surface area (Å²) in [7, 11) is 3.81. The Bertz CT molecular complexity index is 638. The van der Waals surface area contributed by atoms with E-state index in [2.05, 4.69) is 10.3 Å². The number of aryl methyl sites for hydroxylation is 1. The monoisotopic (exact) mass is 270 g/mol. The highest BCUT2D eigenvalue weighted by Crippen LogP contribution is 2.22. The maximum Gasteiger partial charge on any atom is 0.256 e. The number of nitrogens with zero attached hydrogens (tertiary/aromatic N) is 2. The van der Waals surface area contributed by atoms with Gasteiger partial charge in [-0.05, 0) is 42.8 Å². The fourth-order valence-electron chi connectivity index (χ4n) is 1.90. The van der Waals surface area contributed by atoms with Crippen LogP contribution in [0.15, 0.2) is 36.5 Å². The van der Waals surface area contributed by atoms with Crippen LogP contribution in [0.3, 0.4) is 0 Å². The molecule has 0 unspecified atom stereocenters. The predicted molar refractivity (Wildman–Crippen MR) is 82.1 cm³/mol. The lowest BCUT2D eigenvalue weighted by molar-refractivity contribution is 0.102. The second-order valence-electron chi connectivity index (χ2n) is 4.84. The normalized spacial score (nSPS) is 10.2. The number of nitrogens with two attached hydrogens (primary N) is 1. The standard InChI is InChI=1S/C15H18N4O/c1-10-6-7-17-14(8-10)18-15(20)11-4-5-13(19(2)3)12(16)9-11/h4-9H,16H2,1-3H3,(H,17,18,20). The van der Waals surface area contributed by atoms with Crippen LogP contribution in [0.5, 0.6) is 0 Å². The van der Waals surface area contributed by atoms with Gasteiger partial charge in [0.1, 0.15) is 5.82 Å². The number of hydrogen-bond acceptors (Lipinski definition) is 4. The third-order valence-corrected chi connectivity index (χ3v) is 2.93. The Morgan fingerprint density at radius 1 is 1.25 bits per heavy atom. The van der Waals surface area contributed by atoms with Crippen LogP contribution in [0.1, 0.15) is 15.9 Å². The molecule has 5 heteroatoms. The molecule has 104 valence electrons. The molecule has 1 heterocycles. The van der Waals surface area contributed by atoms with Gasteiger partial charge in [0.25, 0.3) is 5.91 Å². The first-order valence-electron chi connectivity index (χ1n) is 6.28. The zero-order chi connectivity index (χ0) is 14.7. The molecular weight excluding hydrogens is 252 g/mol. The van der Waals surface area contributed by atoms with Crippen LogP contribution in [0.25, 0.3) is 0 Å². The molecule has 0 saturated carbocycles. The van der Waals surface area contributed by atoms with Gasteiger partial charge in [-0.25, -0.2) is 4.98 Å². The largest absolute Gasteiger partial charge is 0.397 e. The molecule has 1 aromatic heterocycles. The SMILES string of the molecule is Cc1ccnc(NC(=O)c2ccc(N(C)C)c(N)c2)c1. The Balaban J connectivity index is 2.19. The molecule has 1 aromatic carbocycles. The first-order valence-corrected chi connectivity index (χ1v) is 6.28. The molecule has 0 bridgehead atoms. The molecule has 0 atom stereocenters. The number of carbonyl (C=O) groups is 1. The molecule has 20 heavy (non-hydrogen) atoms. The molecule has 0 aliphatic rings. The van der Waals surface area contributed by atoms with E-state index in [0.29, 0.717) is 17.1 Å². The zero-order valence-corrected chi connectivity index (χ0v) is 11.8. The molecule has 2 aromatic rings. The van der Waals surface area contributed by atoms with Crippen LogP contribution in [-0.2, 0) is 0 Å². The third-order valence-electron chi connectivity index (χ3n) is 2.93. The van der Waals surface area contributed by atoms with E-state index in [1.165, 1.54) is 0 Å². The molecule has 3 N–H and O–H groups in total. The lowest BCUT2D eigenvalue weighted by Gasteiger charge is -2.15. The fraction of sp³-hybridized carbons (Fsp3) is 0.200. The fourth-order valence-corrected chi connectivity index (χ4v) is 1.90. The van der Waals surface area contributed by atoms with E-state index in [0.717, 1.165) is 11.3 Å². The van der Waals surface area contributed by atoms with Gasteiger partial charge < -0.3 is 16.0 Å². The van der Waals surface area contributed by atoms with E-state index in [-0.39, 0.29) is 5.91 Å². The molecule has 0 saturated heterocycles. The molecule has 5 nitrogen and oxygen atoms in total. The van der Waals surface area contributed by atoms with Gasteiger partial charge >= 0.3 is 0 Å². The number of amides is 1. The molecular formula is C15H18N4O. The summed E-state index contributed by atoms with van der Waals surface area (Å²) in [5.74, 6) is 0.311. The summed E-state index contributed by atoms with van der Waals surface area (Å²) in [6, 6.07) is 8.93. The van der Waals surface area contributed by atoms with Crippen molar-refractivity contribution in [1.29, 1.82) is 0 Å². The smallest absolute Gasteiger partial charge is 0.256 e. The minimum absolute atomic E-state index is 0.222. The van der Waals surface area contributed by atoms with Crippen molar-refractivity contribution in [2.24, 2.45) is 0 Å². The summed E-state index contributed by atoms with van der Waals surface area (Å²) in [6.45, 7) is 1.95. The Hall–Kier alpha value is -2.56. The summed E-state index contributed by atoms with van der Waals surface area (Å²) < 4.78 is 0. The van der Waals surface area contributed by atoms with Gasteiger partial charge in [0.05, 0.1) is 11.4 Å². The van der Waals surface area contributed by atoms with Crippen molar-refractivity contribution in [3.8, 4) is 0 Å². The summed E-state index contributed by atoms with van der Waals surface area (Å²) in [4.78, 5) is 18.1. The summed E-state index contributed by atoms with van der Waals surface area (Å²) in [5, 5.41) is 2.76. The van der Waals surface area contributed by atoms with Crippen LogP contribution in [0, 0.1) is 6.92 Å². The number of hydrogen-bond donors (Lipinski definition) is 2. The number of pyridine rings is 1. The second-order valence-corrected chi connectivity index (χ2v) is 4.84. The average molecular weight is 270 g/mol. The molecule has 0 aliphatic heterocycles. The number of aromatic nitrogens is 1. The van der Waals surface area contributed by atoms with Crippen LogP contribution in [-0.4, -0.2) is 25.0 Å². The molecule has 2 rings (SSSR count). The highest BCUT2D eigenvalue weighted by Gasteiger charge is 2.10. The number of nitrogens with one attached hydrogen (secondary N) is 1. The Kier molecular flexibility index (Phi) is 3.89. The highest BCUT2D eigenvalue weighted by atomic mass is 16.1. The van der Waals surface area contributed by atoms with Crippen molar-refractivity contribution in [1.82, 2.24) is 4.98 Å². The minimum Gasteiger partial charge on any atom is -0.397 e. The Labute approximate surface area is 118 Å². The van der Waals surface area contributed by atoms with Crippen LogP contribution in [0.2, 0.25) is 0 Å². The molecule has 0 fully saturated rings. The molecule has 1 amide bonds. The number of benzene rings is 1. The molecule has 0 aliphatic carbocycles. The summed E-state index contributed by atoms with van der Waals surface area (Å²) >= 11 is 0. The van der Waals surface area contributed by atoms with Crippen LogP contribution < -0.4 is 16.0 Å². The van der Waals surface area contributed by atoms with Crippen molar-refractivity contribution in [2.75, 3.05) is 30.0 Å². The van der Waals surface area contributed by atoms with Gasteiger partial charge in [-0.2, -0.15) is 0 Å². The van der Waals surface area contributed by atoms with Gasteiger partial charge in [-0.1, -0.05) is 0 Å². The molecule has 0 spiro atoms. The van der Waals surface area contributed by atoms with Gasteiger partial charge in [-0.3, -0.25) is 4.79 Å². The zero-order valence-electron chi connectivity index (χ0n) is 11.8. The predicted octanol–water partition coefficient (Wildman–Crippen LogP) is 2.29. The number of rotatable bonds is 3. The lowest BCUT2D eigenvalue weighted by atomic mass is 10.1. The van der Waals surface area contributed by atoms with Crippen molar-refractivity contribution >= 4 is 23.1 Å². The van der Waals surface area contributed by atoms with Crippen molar-refractivity contribution in [3.05, 3.63) is 47.7 Å². The third kappa shape index (κ3) is 3.06. The Morgan fingerprint density at radius 3 is 2.60 bits per heavy atom. The van der Waals surface area contributed by atoms with Gasteiger partial charge in [0, 0.05) is 25.9 Å². The van der Waals surface area contributed by atoms with E-state index < -0.39 is 0 Å². The maximum absolute atomic E-state index is 12.1. The maximum atomic E-state index is 12.1. The quantitative estimate of drug-likeness (QED) is 0.839. The topological polar surface area (TPSA) is 71.2 Å². The van der Waals surface area contributed by atoms with E-state index in [4.69, 9.17) is 5.73 Å².